The van der Waals surface area contributed by atoms with Crippen LogP contribution in [0.2, 0.25) is 0 Å². The Morgan fingerprint density at radius 2 is 2.13 bits per heavy atom. The van der Waals surface area contributed by atoms with Crippen molar-refractivity contribution in [3.8, 4) is 0 Å². The van der Waals surface area contributed by atoms with E-state index in [1.54, 1.807) is 0 Å². The van der Waals surface area contributed by atoms with Crippen LogP contribution in [-0.2, 0) is 6.54 Å². The monoisotopic (exact) mass is 203 g/mol. The van der Waals surface area contributed by atoms with E-state index in [1.807, 2.05) is 13.2 Å². The zero-order valence-corrected chi connectivity index (χ0v) is 9.01. The Hall–Kier alpha value is -1.32. The zero-order chi connectivity index (χ0) is 10.5. The quantitative estimate of drug-likeness (QED) is 0.644. The second-order valence-electron chi connectivity index (χ2n) is 3.64. The number of aromatic nitrogens is 1. The molecule has 3 nitrogen and oxygen atoms in total. The Labute approximate surface area is 89.9 Å². The van der Waals surface area contributed by atoms with E-state index in [2.05, 4.69) is 39.9 Å². The molecule has 1 aromatic heterocycles. The Kier molecular flexibility index (Phi) is 3.37. The normalized spacial score (nSPS) is 11.0. The fourth-order valence-corrected chi connectivity index (χ4v) is 1.74. The summed E-state index contributed by atoms with van der Waals surface area (Å²) >= 11 is 0. The first-order chi connectivity index (χ1) is 7.42. The highest BCUT2D eigenvalue weighted by Crippen LogP contribution is 2.16. The first-order valence-electron chi connectivity index (χ1n) is 5.32. The molecule has 3 N–H and O–H groups in total. The topological polar surface area (TPSA) is 39.8 Å². The number of likely N-dealkylation sites (N-methyl/N-ethyl adjacent to an activating group) is 1. The van der Waals surface area contributed by atoms with Crippen LogP contribution in [0.5, 0.6) is 0 Å². The number of H-pyrrole nitrogens is 1. The van der Waals surface area contributed by atoms with Crippen LogP contribution in [0.25, 0.3) is 10.9 Å². The third-order valence-electron chi connectivity index (χ3n) is 2.55. The molecule has 0 radical (unpaired) electrons. The number of rotatable bonds is 5. The summed E-state index contributed by atoms with van der Waals surface area (Å²) in [7, 11) is 1.97. The predicted molar refractivity (Wildman–Crippen MR) is 63.9 cm³/mol. The lowest BCUT2D eigenvalue weighted by atomic mass is 10.1. The largest absolute Gasteiger partial charge is 0.361 e. The van der Waals surface area contributed by atoms with Gasteiger partial charge < -0.3 is 15.6 Å². The molecule has 1 heterocycles. The molecule has 0 aliphatic rings. The fraction of sp³-hybridized carbons (Fsp3) is 0.333. The van der Waals surface area contributed by atoms with Crippen molar-refractivity contribution in [2.45, 2.75) is 6.54 Å². The van der Waals surface area contributed by atoms with Gasteiger partial charge in [0.05, 0.1) is 0 Å². The molecular formula is C12H17N3. The maximum absolute atomic E-state index is 3.41. The lowest BCUT2D eigenvalue weighted by Crippen LogP contribution is -2.24. The summed E-state index contributed by atoms with van der Waals surface area (Å²) in [6.07, 6.45) is 1.99. The van der Waals surface area contributed by atoms with E-state index in [-0.39, 0.29) is 0 Å². The van der Waals surface area contributed by atoms with Crippen molar-refractivity contribution in [3.63, 3.8) is 0 Å². The standard InChI is InChI=1S/C12H17N3/c1-13-7-8-14-9-10-3-2-4-12-11(10)5-6-15-12/h2-6,13-15H,7-9H2,1H3. The summed E-state index contributed by atoms with van der Waals surface area (Å²) in [5, 5.41) is 7.84. The summed E-state index contributed by atoms with van der Waals surface area (Å²) in [6, 6.07) is 8.49. The summed E-state index contributed by atoms with van der Waals surface area (Å²) in [5.74, 6) is 0. The Bertz CT molecular complexity index is 419. The molecule has 0 atom stereocenters. The number of hydrogen-bond donors (Lipinski definition) is 3. The van der Waals surface area contributed by atoms with Crippen LogP contribution in [-0.4, -0.2) is 25.1 Å². The van der Waals surface area contributed by atoms with Gasteiger partial charge in [-0.2, -0.15) is 0 Å². The Balaban J connectivity index is 2.04. The van der Waals surface area contributed by atoms with Gasteiger partial charge in [0, 0.05) is 36.7 Å². The fourth-order valence-electron chi connectivity index (χ4n) is 1.74. The molecule has 0 aliphatic carbocycles. The van der Waals surface area contributed by atoms with Crippen LogP contribution < -0.4 is 10.6 Å². The molecule has 1 aromatic carbocycles. The minimum absolute atomic E-state index is 0.927. The van der Waals surface area contributed by atoms with Crippen molar-refractivity contribution < 1.29 is 0 Å². The van der Waals surface area contributed by atoms with E-state index in [0.29, 0.717) is 0 Å². The number of hydrogen-bond acceptors (Lipinski definition) is 2. The van der Waals surface area contributed by atoms with Crippen molar-refractivity contribution in [2.24, 2.45) is 0 Å². The van der Waals surface area contributed by atoms with Crippen LogP contribution in [0.3, 0.4) is 0 Å². The van der Waals surface area contributed by atoms with E-state index in [1.165, 1.54) is 16.5 Å². The van der Waals surface area contributed by atoms with Gasteiger partial charge in [-0.15, -0.1) is 0 Å². The van der Waals surface area contributed by atoms with E-state index in [0.717, 1.165) is 19.6 Å². The van der Waals surface area contributed by atoms with Gasteiger partial charge in [-0.1, -0.05) is 12.1 Å². The molecule has 0 saturated heterocycles. The van der Waals surface area contributed by atoms with Crippen molar-refractivity contribution in [3.05, 3.63) is 36.0 Å². The molecule has 0 bridgehead atoms. The van der Waals surface area contributed by atoms with Crippen molar-refractivity contribution >= 4 is 10.9 Å². The first kappa shape index (κ1) is 10.2. The highest BCUT2D eigenvalue weighted by molar-refractivity contribution is 5.82. The van der Waals surface area contributed by atoms with Crippen molar-refractivity contribution in [2.75, 3.05) is 20.1 Å². The first-order valence-corrected chi connectivity index (χ1v) is 5.32. The van der Waals surface area contributed by atoms with Gasteiger partial charge >= 0.3 is 0 Å². The average molecular weight is 203 g/mol. The number of aromatic amines is 1. The smallest absolute Gasteiger partial charge is 0.0457 e. The van der Waals surface area contributed by atoms with E-state index >= 15 is 0 Å². The highest BCUT2D eigenvalue weighted by atomic mass is 14.9. The van der Waals surface area contributed by atoms with Gasteiger partial charge in [-0.05, 0) is 24.7 Å². The van der Waals surface area contributed by atoms with Crippen molar-refractivity contribution in [1.29, 1.82) is 0 Å². The van der Waals surface area contributed by atoms with Gasteiger partial charge in [0.2, 0.25) is 0 Å². The van der Waals surface area contributed by atoms with Crippen LogP contribution >= 0.6 is 0 Å². The molecule has 2 aromatic rings. The summed E-state index contributed by atoms with van der Waals surface area (Å²) in [5.41, 5.74) is 2.56. The van der Waals surface area contributed by atoms with Crippen LogP contribution in [0, 0.1) is 0 Å². The molecule has 0 amide bonds. The summed E-state index contributed by atoms with van der Waals surface area (Å²) < 4.78 is 0. The van der Waals surface area contributed by atoms with Crippen LogP contribution in [0.1, 0.15) is 5.56 Å². The third-order valence-corrected chi connectivity index (χ3v) is 2.55. The second kappa shape index (κ2) is 4.96. The van der Waals surface area contributed by atoms with Crippen LogP contribution in [0.15, 0.2) is 30.5 Å². The average Bonchev–Trinajstić information content (AvgIpc) is 2.73. The maximum Gasteiger partial charge on any atom is 0.0457 e. The van der Waals surface area contributed by atoms with Gasteiger partial charge in [0.1, 0.15) is 0 Å². The Morgan fingerprint density at radius 3 is 3.00 bits per heavy atom. The maximum atomic E-state index is 3.41. The van der Waals surface area contributed by atoms with E-state index in [9.17, 15) is 0 Å². The lowest BCUT2D eigenvalue weighted by molar-refractivity contribution is 0.653. The molecule has 0 unspecified atom stereocenters. The van der Waals surface area contributed by atoms with Gasteiger partial charge in [0.15, 0.2) is 0 Å². The summed E-state index contributed by atoms with van der Waals surface area (Å²) in [6.45, 7) is 2.93. The van der Waals surface area contributed by atoms with Gasteiger partial charge in [0.25, 0.3) is 0 Å². The number of benzene rings is 1. The molecule has 0 aliphatic heterocycles. The number of fused-ring (bicyclic) bond motifs is 1. The summed E-state index contributed by atoms with van der Waals surface area (Å²) in [4.78, 5) is 3.22. The molecule has 2 rings (SSSR count). The Morgan fingerprint density at radius 1 is 1.20 bits per heavy atom. The lowest BCUT2D eigenvalue weighted by Gasteiger charge is -2.05. The molecule has 15 heavy (non-hydrogen) atoms. The van der Waals surface area contributed by atoms with Gasteiger partial charge in [-0.3, -0.25) is 0 Å². The minimum atomic E-state index is 0.927. The molecule has 0 fully saturated rings. The molecule has 3 heteroatoms. The number of nitrogens with one attached hydrogen (secondary N) is 3. The van der Waals surface area contributed by atoms with E-state index in [4.69, 9.17) is 0 Å². The molecular weight excluding hydrogens is 186 g/mol. The molecule has 80 valence electrons. The minimum Gasteiger partial charge on any atom is -0.361 e. The van der Waals surface area contributed by atoms with Crippen molar-refractivity contribution in [1.82, 2.24) is 15.6 Å². The predicted octanol–water partition coefficient (Wildman–Crippen LogP) is 1.48. The molecule has 0 spiro atoms. The molecule has 0 saturated carbocycles. The third kappa shape index (κ3) is 2.37. The second-order valence-corrected chi connectivity index (χ2v) is 3.64. The van der Waals surface area contributed by atoms with Gasteiger partial charge in [-0.25, -0.2) is 0 Å². The highest BCUT2D eigenvalue weighted by Gasteiger charge is 1.99. The van der Waals surface area contributed by atoms with Crippen LogP contribution in [0.4, 0.5) is 0 Å². The zero-order valence-electron chi connectivity index (χ0n) is 9.01. The van der Waals surface area contributed by atoms with E-state index < -0.39 is 0 Å². The SMILES string of the molecule is CNCCNCc1cccc2[nH]ccc12.